The fourth-order valence-corrected chi connectivity index (χ4v) is 3.00. The van der Waals surface area contributed by atoms with Crippen molar-refractivity contribution in [3.63, 3.8) is 0 Å². The molecule has 4 rings (SSSR count). The molecule has 1 aromatic heterocycles. The first-order valence-electron chi connectivity index (χ1n) is 10.1. The van der Waals surface area contributed by atoms with Crippen LogP contribution in [0.25, 0.3) is 0 Å². The fraction of sp³-hybridized carbons (Fsp3) is 0.174. The minimum atomic E-state index is -0.936. The van der Waals surface area contributed by atoms with Gasteiger partial charge in [-0.15, -0.1) is 0 Å². The van der Waals surface area contributed by atoms with Gasteiger partial charge < -0.3 is 30.0 Å². The van der Waals surface area contributed by atoms with E-state index in [9.17, 15) is 18.4 Å². The van der Waals surface area contributed by atoms with Crippen LogP contribution in [0.4, 0.5) is 8.78 Å². The maximum atomic E-state index is 14.4. The average molecular weight is 471 g/mol. The maximum Gasteiger partial charge on any atom is 0.258 e. The molecule has 3 aromatic rings. The zero-order chi connectivity index (χ0) is 24.2. The number of primary amides is 1. The molecule has 0 saturated heterocycles. The van der Waals surface area contributed by atoms with E-state index >= 15 is 0 Å². The van der Waals surface area contributed by atoms with Crippen molar-refractivity contribution in [1.82, 2.24) is 10.3 Å². The molecule has 176 valence electrons. The van der Waals surface area contributed by atoms with Crippen LogP contribution in [-0.4, -0.2) is 29.7 Å². The van der Waals surface area contributed by atoms with Crippen LogP contribution in [0.1, 0.15) is 22.8 Å². The van der Waals surface area contributed by atoms with Crippen LogP contribution in [0.2, 0.25) is 0 Å². The first-order valence-corrected chi connectivity index (χ1v) is 10.1. The molecule has 34 heavy (non-hydrogen) atoms. The molecule has 1 aliphatic heterocycles. The second-order valence-electron chi connectivity index (χ2n) is 7.22. The van der Waals surface area contributed by atoms with Crippen molar-refractivity contribution in [2.24, 2.45) is 5.73 Å². The Morgan fingerprint density at radius 1 is 1.12 bits per heavy atom. The number of hydrogen-bond acceptors (Lipinski definition) is 7. The van der Waals surface area contributed by atoms with Gasteiger partial charge in [0.2, 0.25) is 12.7 Å². The summed E-state index contributed by atoms with van der Waals surface area (Å²) in [7, 11) is 0. The molecule has 1 unspecified atom stereocenters. The van der Waals surface area contributed by atoms with Crippen LogP contribution < -0.4 is 30.0 Å². The summed E-state index contributed by atoms with van der Waals surface area (Å²) in [5.41, 5.74) is 5.07. The van der Waals surface area contributed by atoms with Gasteiger partial charge in [0, 0.05) is 24.2 Å². The molecule has 3 N–H and O–H groups in total. The molecule has 2 aromatic carbocycles. The van der Waals surface area contributed by atoms with Crippen molar-refractivity contribution >= 4 is 11.8 Å². The van der Waals surface area contributed by atoms with E-state index in [1.807, 2.05) is 0 Å². The number of halogens is 2. The molecule has 11 heteroatoms. The largest absolute Gasteiger partial charge is 0.481 e. The molecule has 2 heterocycles. The van der Waals surface area contributed by atoms with Crippen LogP contribution >= 0.6 is 0 Å². The number of nitrogens with zero attached hydrogens (tertiary/aromatic N) is 1. The Labute approximate surface area is 192 Å². The second kappa shape index (κ2) is 9.61. The molecule has 0 radical (unpaired) electrons. The van der Waals surface area contributed by atoms with Crippen LogP contribution in [0.3, 0.4) is 0 Å². The Hall–Kier alpha value is -4.41. The predicted octanol–water partition coefficient (Wildman–Crippen LogP) is 3.06. The van der Waals surface area contributed by atoms with E-state index in [1.54, 1.807) is 18.2 Å². The number of carbonyl (C=O) groups is 2. The number of rotatable bonds is 8. The lowest BCUT2D eigenvalue weighted by molar-refractivity contribution is -0.123. The van der Waals surface area contributed by atoms with Gasteiger partial charge in [-0.2, -0.15) is 0 Å². The van der Waals surface area contributed by atoms with E-state index < -0.39 is 29.6 Å². The Morgan fingerprint density at radius 2 is 1.88 bits per heavy atom. The lowest BCUT2D eigenvalue weighted by Crippen LogP contribution is -2.30. The molecular weight excluding hydrogens is 452 g/mol. The van der Waals surface area contributed by atoms with Gasteiger partial charge >= 0.3 is 0 Å². The van der Waals surface area contributed by atoms with Crippen molar-refractivity contribution < 1.29 is 37.3 Å². The third-order valence-corrected chi connectivity index (χ3v) is 4.80. The zero-order valence-electron chi connectivity index (χ0n) is 17.8. The van der Waals surface area contributed by atoms with Crippen molar-refractivity contribution in [1.29, 1.82) is 0 Å². The summed E-state index contributed by atoms with van der Waals surface area (Å²) in [5.74, 6) is -1.61. The number of amides is 2. The van der Waals surface area contributed by atoms with Gasteiger partial charge in [0.15, 0.2) is 17.6 Å². The molecular formula is C23H19F2N3O6. The van der Waals surface area contributed by atoms with Crippen molar-refractivity contribution in [3.8, 4) is 28.9 Å². The summed E-state index contributed by atoms with van der Waals surface area (Å²) in [6, 6.07) is 9.60. The number of nitrogens with two attached hydrogens (primary N) is 1. The molecule has 9 nitrogen and oxygen atoms in total. The minimum absolute atomic E-state index is 0.0784. The number of hydrogen-bond donors (Lipinski definition) is 2. The van der Waals surface area contributed by atoms with Gasteiger partial charge in [0.1, 0.15) is 28.7 Å². The maximum absolute atomic E-state index is 14.4. The quantitative estimate of drug-likeness (QED) is 0.518. The van der Waals surface area contributed by atoms with Gasteiger partial charge in [0.25, 0.3) is 11.8 Å². The number of benzene rings is 2. The lowest BCUT2D eigenvalue weighted by atomic mass is 10.2. The van der Waals surface area contributed by atoms with E-state index in [1.165, 1.54) is 19.1 Å². The molecule has 2 amide bonds. The zero-order valence-corrected chi connectivity index (χ0v) is 17.8. The Balaban J connectivity index is 1.46. The van der Waals surface area contributed by atoms with E-state index in [2.05, 4.69) is 10.3 Å². The van der Waals surface area contributed by atoms with Crippen molar-refractivity contribution in [3.05, 3.63) is 71.4 Å². The first-order chi connectivity index (χ1) is 16.3. The van der Waals surface area contributed by atoms with E-state index in [0.29, 0.717) is 17.2 Å². The van der Waals surface area contributed by atoms with Gasteiger partial charge in [-0.25, -0.2) is 13.8 Å². The van der Waals surface area contributed by atoms with Crippen LogP contribution in [-0.2, 0) is 11.3 Å². The van der Waals surface area contributed by atoms with Crippen molar-refractivity contribution in [2.75, 3.05) is 6.79 Å². The monoisotopic (exact) mass is 471 g/mol. The molecule has 0 fully saturated rings. The molecule has 0 saturated carbocycles. The Bertz CT molecular complexity index is 1250. The SMILES string of the molecule is CC(Oc1ccc(CNC(=O)c2cc(F)cnc2Oc2ccc3c(c2)OCO3)c(F)c1)C(N)=O. The molecule has 0 bridgehead atoms. The second-order valence-corrected chi connectivity index (χ2v) is 7.22. The first kappa shape index (κ1) is 22.8. The van der Waals surface area contributed by atoms with Gasteiger partial charge in [-0.05, 0) is 31.2 Å². The standard InChI is InChI=1S/C23H19F2N3O6/c1-12(21(26)29)33-15-3-2-13(18(25)7-15)9-27-22(30)17-6-14(24)10-28-23(17)34-16-4-5-19-20(8-16)32-11-31-19/h2-8,10,12H,9,11H2,1H3,(H2,26,29)(H,27,30). The van der Waals surface area contributed by atoms with E-state index in [4.69, 9.17) is 24.7 Å². The highest BCUT2D eigenvalue weighted by atomic mass is 19.1. The number of nitrogens with one attached hydrogen (secondary N) is 1. The van der Waals surface area contributed by atoms with Crippen LogP contribution in [0.15, 0.2) is 48.7 Å². The van der Waals surface area contributed by atoms with Crippen LogP contribution in [0.5, 0.6) is 28.9 Å². The highest BCUT2D eigenvalue weighted by Gasteiger charge is 2.19. The summed E-state index contributed by atoms with van der Waals surface area (Å²) in [6.07, 6.45) is -0.0292. The Morgan fingerprint density at radius 3 is 2.65 bits per heavy atom. The predicted molar refractivity (Wildman–Crippen MR) is 114 cm³/mol. The van der Waals surface area contributed by atoms with Gasteiger partial charge in [-0.1, -0.05) is 6.07 Å². The third kappa shape index (κ3) is 5.14. The fourth-order valence-electron chi connectivity index (χ4n) is 3.00. The summed E-state index contributed by atoms with van der Waals surface area (Å²) in [6.45, 7) is 1.30. The highest BCUT2D eigenvalue weighted by Crippen LogP contribution is 2.36. The molecule has 0 spiro atoms. The minimum Gasteiger partial charge on any atom is -0.481 e. The van der Waals surface area contributed by atoms with E-state index in [0.717, 1.165) is 18.3 Å². The normalized spacial score (nSPS) is 12.7. The smallest absolute Gasteiger partial charge is 0.258 e. The summed E-state index contributed by atoms with van der Waals surface area (Å²) >= 11 is 0. The van der Waals surface area contributed by atoms with Gasteiger partial charge in [0.05, 0.1) is 6.20 Å². The number of pyridine rings is 1. The molecule has 1 aliphatic rings. The van der Waals surface area contributed by atoms with Gasteiger partial charge in [-0.3, -0.25) is 9.59 Å². The highest BCUT2D eigenvalue weighted by molar-refractivity contribution is 5.96. The summed E-state index contributed by atoms with van der Waals surface area (Å²) < 4.78 is 49.7. The topological polar surface area (TPSA) is 122 Å². The molecule has 1 atom stereocenters. The number of aromatic nitrogens is 1. The number of carbonyl (C=O) groups excluding carboxylic acids is 2. The summed E-state index contributed by atoms with van der Waals surface area (Å²) in [4.78, 5) is 27.7. The summed E-state index contributed by atoms with van der Waals surface area (Å²) in [5, 5.41) is 2.50. The molecule has 0 aliphatic carbocycles. The number of fused-ring (bicyclic) bond motifs is 1. The number of ether oxygens (including phenoxy) is 4. The van der Waals surface area contributed by atoms with Crippen LogP contribution in [0, 0.1) is 11.6 Å². The lowest BCUT2D eigenvalue weighted by Gasteiger charge is -2.13. The Kier molecular flexibility index (Phi) is 6.44. The van der Waals surface area contributed by atoms with E-state index in [-0.39, 0.29) is 36.1 Å². The van der Waals surface area contributed by atoms with Crippen molar-refractivity contribution in [2.45, 2.75) is 19.6 Å². The third-order valence-electron chi connectivity index (χ3n) is 4.80. The average Bonchev–Trinajstić information content (AvgIpc) is 3.27.